The van der Waals surface area contributed by atoms with E-state index in [2.05, 4.69) is 5.32 Å². The zero-order valence-electron chi connectivity index (χ0n) is 18.3. The summed E-state index contributed by atoms with van der Waals surface area (Å²) in [4.78, 5) is 13.1. The lowest BCUT2D eigenvalue weighted by Crippen LogP contribution is -2.30. The van der Waals surface area contributed by atoms with Crippen LogP contribution in [0.3, 0.4) is 0 Å². The van der Waals surface area contributed by atoms with Crippen molar-refractivity contribution in [1.82, 2.24) is 5.32 Å². The monoisotopic (exact) mass is 476 g/mol. The second-order valence-corrected chi connectivity index (χ2v) is 10.8. The van der Waals surface area contributed by atoms with E-state index in [0.29, 0.717) is 11.3 Å². The molecule has 4 aromatic rings. The van der Waals surface area contributed by atoms with Gasteiger partial charge in [0.05, 0.1) is 11.7 Å². The first-order valence-corrected chi connectivity index (χ1v) is 12.7. The smallest absolute Gasteiger partial charge is 0.273 e. The minimum Gasteiger partial charge on any atom is -0.341 e. The SMILES string of the molecule is Cc1ccccc1[C@H](NC(=O)c1ccc(N(C)S(=O)(=O)c2cccs2)cc1)c1ccccc1. The molecule has 1 N–H and O–H groups in total. The van der Waals surface area contributed by atoms with Gasteiger partial charge in [-0.15, -0.1) is 11.3 Å². The van der Waals surface area contributed by atoms with Crippen molar-refractivity contribution in [3.05, 3.63) is 119 Å². The van der Waals surface area contributed by atoms with Crippen LogP contribution in [0.15, 0.2) is 101 Å². The highest BCUT2D eigenvalue weighted by Gasteiger charge is 2.23. The van der Waals surface area contributed by atoms with Crippen molar-refractivity contribution in [2.24, 2.45) is 0 Å². The molecular weight excluding hydrogens is 452 g/mol. The third kappa shape index (κ3) is 4.84. The van der Waals surface area contributed by atoms with Gasteiger partial charge in [0.2, 0.25) is 0 Å². The van der Waals surface area contributed by atoms with Crippen LogP contribution in [0.25, 0.3) is 0 Å². The van der Waals surface area contributed by atoms with Gasteiger partial charge in [-0.05, 0) is 59.3 Å². The fourth-order valence-electron chi connectivity index (χ4n) is 3.62. The summed E-state index contributed by atoms with van der Waals surface area (Å²) in [5, 5.41) is 4.87. The summed E-state index contributed by atoms with van der Waals surface area (Å²) in [5.74, 6) is -0.234. The fraction of sp³-hybridized carbons (Fsp3) is 0.115. The van der Waals surface area contributed by atoms with E-state index >= 15 is 0 Å². The number of rotatable bonds is 7. The van der Waals surface area contributed by atoms with Gasteiger partial charge in [-0.3, -0.25) is 9.10 Å². The molecule has 7 heteroatoms. The molecule has 0 aliphatic heterocycles. The maximum Gasteiger partial charge on any atom is 0.273 e. The van der Waals surface area contributed by atoms with Gasteiger partial charge in [0.15, 0.2) is 0 Å². The first-order chi connectivity index (χ1) is 15.9. The number of nitrogens with zero attached hydrogens (tertiary/aromatic N) is 1. The van der Waals surface area contributed by atoms with Crippen molar-refractivity contribution in [2.45, 2.75) is 17.2 Å². The average molecular weight is 477 g/mol. The maximum absolute atomic E-state index is 13.1. The predicted molar refractivity (Wildman–Crippen MR) is 133 cm³/mol. The molecule has 0 unspecified atom stereocenters. The number of carbonyl (C=O) groups is 1. The number of aryl methyl sites for hydroxylation is 1. The molecule has 0 radical (unpaired) electrons. The van der Waals surface area contributed by atoms with E-state index in [1.807, 2.05) is 61.5 Å². The second-order valence-electron chi connectivity index (χ2n) is 7.63. The molecule has 0 bridgehead atoms. The summed E-state index contributed by atoms with van der Waals surface area (Å²) in [7, 11) is -2.12. The van der Waals surface area contributed by atoms with Crippen molar-refractivity contribution >= 4 is 33.0 Å². The third-order valence-electron chi connectivity index (χ3n) is 5.51. The number of thiophene rings is 1. The summed E-state index contributed by atoms with van der Waals surface area (Å²) in [6, 6.07) is 27.4. The zero-order valence-corrected chi connectivity index (χ0v) is 19.9. The summed E-state index contributed by atoms with van der Waals surface area (Å²) in [6.45, 7) is 2.02. The standard InChI is InChI=1S/C26H24N2O3S2/c1-19-9-6-7-12-23(19)25(20-10-4-3-5-11-20)27-26(29)21-14-16-22(17-15-21)28(2)33(30,31)24-13-8-18-32-24/h3-18,25H,1-2H3,(H,27,29)/t25-/m1/s1. The molecule has 168 valence electrons. The molecule has 0 aliphatic rings. The van der Waals surface area contributed by atoms with E-state index in [0.717, 1.165) is 16.7 Å². The molecule has 5 nitrogen and oxygen atoms in total. The van der Waals surface area contributed by atoms with E-state index in [-0.39, 0.29) is 16.2 Å². The minimum absolute atomic E-state index is 0.234. The first kappa shape index (κ1) is 22.8. The van der Waals surface area contributed by atoms with Crippen LogP contribution in [0.4, 0.5) is 5.69 Å². The van der Waals surface area contributed by atoms with Gasteiger partial charge in [0, 0.05) is 12.6 Å². The summed E-state index contributed by atoms with van der Waals surface area (Å²) in [6.07, 6.45) is 0. The Labute approximate surface area is 198 Å². The summed E-state index contributed by atoms with van der Waals surface area (Å²) >= 11 is 1.17. The van der Waals surface area contributed by atoms with Crippen LogP contribution in [-0.4, -0.2) is 21.4 Å². The fourth-order valence-corrected chi connectivity index (χ4v) is 5.97. The van der Waals surface area contributed by atoms with Gasteiger partial charge in [-0.2, -0.15) is 0 Å². The molecule has 33 heavy (non-hydrogen) atoms. The van der Waals surface area contributed by atoms with Crippen LogP contribution in [0.5, 0.6) is 0 Å². The number of amides is 1. The Balaban J connectivity index is 1.58. The highest BCUT2D eigenvalue weighted by Crippen LogP contribution is 2.27. The lowest BCUT2D eigenvalue weighted by atomic mass is 9.94. The lowest BCUT2D eigenvalue weighted by Gasteiger charge is -2.22. The van der Waals surface area contributed by atoms with Crippen LogP contribution in [0.2, 0.25) is 0 Å². The highest BCUT2D eigenvalue weighted by atomic mass is 32.2. The number of hydrogen-bond donors (Lipinski definition) is 1. The molecule has 0 spiro atoms. The Kier molecular flexibility index (Phi) is 6.62. The van der Waals surface area contributed by atoms with E-state index in [4.69, 9.17) is 0 Å². The van der Waals surface area contributed by atoms with Gasteiger partial charge in [0.1, 0.15) is 4.21 Å². The number of anilines is 1. The van der Waals surface area contributed by atoms with Crippen LogP contribution in [-0.2, 0) is 10.0 Å². The van der Waals surface area contributed by atoms with Crippen molar-refractivity contribution in [3.63, 3.8) is 0 Å². The zero-order chi connectivity index (χ0) is 23.4. The average Bonchev–Trinajstić information content (AvgIpc) is 3.39. The molecule has 0 saturated carbocycles. The second kappa shape index (κ2) is 9.60. The van der Waals surface area contributed by atoms with Crippen LogP contribution < -0.4 is 9.62 Å². The molecule has 0 aliphatic carbocycles. The first-order valence-electron chi connectivity index (χ1n) is 10.4. The van der Waals surface area contributed by atoms with Crippen molar-refractivity contribution in [2.75, 3.05) is 11.4 Å². The highest BCUT2D eigenvalue weighted by molar-refractivity contribution is 7.94. The Morgan fingerprint density at radius 1 is 0.879 bits per heavy atom. The quantitative estimate of drug-likeness (QED) is 0.388. The van der Waals surface area contributed by atoms with Crippen molar-refractivity contribution in [3.8, 4) is 0 Å². The number of nitrogens with one attached hydrogen (secondary N) is 1. The molecule has 4 rings (SSSR count). The maximum atomic E-state index is 13.1. The van der Waals surface area contributed by atoms with Crippen LogP contribution in [0.1, 0.15) is 33.1 Å². The van der Waals surface area contributed by atoms with Crippen LogP contribution in [0, 0.1) is 6.92 Å². The molecule has 1 heterocycles. The Hall–Kier alpha value is -3.42. The molecule has 1 atom stereocenters. The van der Waals surface area contributed by atoms with Gasteiger partial charge >= 0.3 is 0 Å². The Morgan fingerprint density at radius 2 is 1.55 bits per heavy atom. The predicted octanol–water partition coefficient (Wildman–Crippen LogP) is 5.40. The van der Waals surface area contributed by atoms with E-state index < -0.39 is 10.0 Å². The van der Waals surface area contributed by atoms with Gasteiger partial charge in [-0.1, -0.05) is 60.7 Å². The third-order valence-corrected chi connectivity index (χ3v) is 8.67. The van der Waals surface area contributed by atoms with Crippen molar-refractivity contribution in [1.29, 1.82) is 0 Å². The Morgan fingerprint density at radius 3 is 2.18 bits per heavy atom. The minimum atomic E-state index is -3.63. The molecular formula is C26H24N2O3S2. The van der Waals surface area contributed by atoms with Crippen molar-refractivity contribution < 1.29 is 13.2 Å². The molecule has 3 aromatic carbocycles. The van der Waals surface area contributed by atoms with Crippen LogP contribution >= 0.6 is 11.3 Å². The number of benzene rings is 3. The van der Waals surface area contributed by atoms with Gasteiger partial charge in [-0.25, -0.2) is 8.42 Å². The number of carbonyl (C=O) groups excluding carboxylic acids is 1. The van der Waals surface area contributed by atoms with E-state index in [1.54, 1.807) is 41.8 Å². The number of sulfonamides is 1. The topological polar surface area (TPSA) is 66.5 Å². The summed E-state index contributed by atoms with van der Waals surface area (Å²) in [5.41, 5.74) is 4.03. The normalized spacial score (nSPS) is 12.2. The Bertz CT molecular complexity index is 1330. The summed E-state index contributed by atoms with van der Waals surface area (Å²) < 4.78 is 27.0. The largest absolute Gasteiger partial charge is 0.341 e. The molecule has 1 aromatic heterocycles. The molecule has 0 fully saturated rings. The van der Waals surface area contributed by atoms with E-state index in [9.17, 15) is 13.2 Å². The van der Waals surface area contributed by atoms with E-state index in [1.165, 1.54) is 22.7 Å². The number of hydrogen-bond acceptors (Lipinski definition) is 4. The van der Waals surface area contributed by atoms with Gasteiger partial charge in [0.25, 0.3) is 15.9 Å². The lowest BCUT2D eigenvalue weighted by molar-refractivity contribution is 0.0943. The van der Waals surface area contributed by atoms with Gasteiger partial charge < -0.3 is 5.32 Å². The molecule has 0 saturated heterocycles. The molecule has 1 amide bonds.